The van der Waals surface area contributed by atoms with Crippen LogP contribution in [0.5, 0.6) is 0 Å². The second kappa shape index (κ2) is 10.3. The lowest BCUT2D eigenvalue weighted by atomic mass is 9.98. The van der Waals surface area contributed by atoms with Gasteiger partial charge in [-0.3, -0.25) is 9.59 Å². The van der Waals surface area contributed by atoms with Gasteiger partial charge in [-0.2, -0.15) is 0 Å². The highest BCUT2D eigenvalue weighted by atomic mass is 35.5. The number of amides is 2. The Hall–Kier alpha value is -2.42. The van der Waals surface area contributed by atoms with Gasteiger partial charge in [0.05, 0.1) is 21.7 Å². The lowest BCUT2D eigenvalue weighted by Crippen LogP contribution is -2.24. The number of ether oxygens (including phenoxy) is 1. The first-order chi connectivity index (χ1) is 14.7. The average Bonchev–Trinajstić information content (AvgIpc) is 2.74. The van der Waals surface area contributed by atoms with Crippen molar-refractivity contribution in [3.05, 3.63) is 53.1 Å². The molecule has 2 N–H and O–H groups in total. The molecular formula is C22H25ClN2O5S. The van der Waals surface area contributed by atoms with Gasteiger partial charge in [-0.15, -0.1) is 0 Å². The van der Waals surface area contributed by atoms with E-state index in [1.807, 2.05) is 0 Å². The van der Waals surface area contributed by atoms with Gasteiger partial charge in [0.1, 0.15) is 6.61 Å². The smallest absolute Gasteiger partial charge is 0.255 e. The molecule has 7 nitrogen and oxygen atoms in total. The molecule has 0 aromatic heterocycles. The van der Waals surface area contributed by atoms with Crippen LogP contribution in [0.25, 0.3) is 0 Å². The summed E-state index contributed by atoms with van der Waals surface area (Å²) in [5.74, 6) is -0.763. The van der Waals surface area contributed by atoms with Crippen molar-refractivity contribution in [1.29, 1.82) is 0 Å². The van der Waals surface area contributed by atoms with Crippen molar-refractivity contribution in [2.24, 2.45) is 0 Å². The Morgan fingerprint density at radius 3 is 2.48 bits per heavy atom. The molecule has 31 heavy (non-hydrogen) atoms. The summed E-state index contributed by atoms with van der Waals surface area (Å²) in [4.78, 5) is 24.7. The minimum atomic E-state index is -3.43. The van der Waals surface area contributed by atoms with Gasteiger partial charge < -0.3 is 15.4 Å². The number of nitrogens with one attached hydrogen (secondary N) is 2. The van der Waals surface area contributed by atoms with Crippen molar-refractivity contribution in [2.75, 3.05) is 23.5 Å². The Morgan fingerprint density at radius 2 is 1.81 bits per heavy atom. The van der Waals surface area contributed by atoms with E-state index in [0.29, 0.717) is 11.4 Å². The lowest BCUT2D eigenvalue weighted by Gasteiger charge is -2.21. The Balaban J connectivity index is 1.59. The Bertz CT molecular complexity index is 1070. The fourth-order valence-electron chi connectivity index (χ4n) is 3.38. The number of anilines is 2. The Kier molecular flexibility index (Phi) is 7.69. The quantitative estimate of drug-likeness (QED) is 0.636. The van der Waals surface area contributed by atoms with Crippen molar-refractivity contribution >= 4 is 44.6 Å². The van der Waals surface area contributed by atoms with Crippen molar-refractivity contribution < 1.29 is 22.7 Å². The molecule has 0 unspecified atom stereocenters. The second-order valence-electron chi connectivity index (χ2n) is 7.57. The van der Waals surface area contributed by atoms with Crippen molar-refractivity contribution in [3.8, 4) is 0 Å². The van der Waals surface area contributed by atoms with Gasteiger partial charge in [0, 0.05) is 17.5 Å². The second-order valence-corrected chi connectivity index (χ2v) is 9.99. The predicted molar refractivity (Wildman–Crippen MR) is 120 cm³/mol. The van der Waals surface area contributed by atoms with Crippen LogP contribution in [-0.2, 0) is 19.4 Å². The minimum absolute atomic E-state index is 0.0164. The van der Waals surface area contributed by atoms with Crippen LogP contribution in [0.15, 0.2) is 47.4 Å². The van der Waals surface area contributed by atoms with Crippen molar-refractivity contribution in [2.45, 2.75) is 43.1 Å². The fraction of sp³-hybridized carbons (Fsp3) is 0.364. The maximum absolute atomic E-state index is 12.5. The third-order valence-corrected chi connectivity index (χ3v) is 6.45. The first-order valence-corrected chi connectivity index (χ1v) is 12.3. The molecule has 1 aliphatic rings. The summed E-state index contributed by atoms with van der Waals surface area (Å²) in [6, 6.07) is 10.5. The van der Waals surface area contributed by atoms with Crippen LogP contribution in [0, 0.1) is 0 Å². The maximum atomic E-state index is 12.5. The van der Waals surface area contributed by atoms with Gasteiger partial charge in [0.25, 0.3) is 5.91 Å². The summed E-state index contributed by atoms with van der Waals surface area (Å²) in [5, 5.41) is 5.62. The molecule has 0 aliphatic heterocycles. The number of carbonyl (C=O) groups is 2. The molecule has 1 aliphatic carbocycles. The van der Waals surface area contributed by atoms with Crippen LogP contribution < -0.4 is 10.6 Å². The predicted octanol–water partition coefficient (Wildman–Crippen LogP) is 4.28. The summed E-state index contributed by atoms with van der Waals surface area (Å²) in [6.45, 7) is -0.0164. The molecule has 0 saturated heterocycles. The van der Waals surface area contributed by atoms with E-state index in [1.165, 1.54) is 36.8 Å². The molecule has 9 heteroatoms. The molecule has 0 radical (unpaired) electrons. The number of hydrogen-bond acceptors (Lipinski definition) is 5. The van der Waals surface area contributed by atoms with Crippen LogP contribution in [0.1, 0.15) is 42.5 Å². The van der Waals surface area contributed by atoms with E-state index in [1.54, 1.807) is 12.1 Å². The molecule has 2 amide bonds. The van der Waals surface area contributed by atoms with Crippen LogP contribution in [0.4, 0.5) is 11.4 Å². The van der Waals surface area contributed by atoms with Crippen LogP contribution in [0.3, 0.4) is 0 Å². The molecule has 0 heterocycles. The summed E-state index contributed by atoms with van der Waals surface area (Å²) >= 11 is 6.25. The summed E-state index contributed by atoms with van der Waals surface area (Å²) in [5.41, 5.74) is 1.02. The molecule has 3 rings (SSSR count). The number of sulfone groups is 1. The monoisotopic (exact) mass is 464 g/mol. The standard InChI is InChI=1S/C22H25ClN2O5S/c1-31(28,29)18-9-5-6-15(12-18)22(27)25-20-11-10-16(13-19(20)23)24-21(26)14-30-17-7-3-2-4-8-17/h5-6,9-13,17H,2-4,7-8,14H2,1H3,(H,24,26)(H,25,27). The summed E-state index contributed by atoms with van der Waals surface area (Å²) in [6.07, 6.45) is 6.68. The van der Waals surface area contributed by atoms with Crippen LogP contribution in [0.2, 0.25) is 5.02 Å². The van der Waals surface area contributed by atoms with Crippen LogP contribution >= 0.6 is 11.6 Å². The zero-order valence-corrected chi connectivity index (χ0v) is 18.8. The number of halogens is 1. The highest BCUT2D eigenvalue weighted by Crippen LogP contribution is 2.26. The van der Waals surface area contributed by atoms with Gasteiger partial charge in [-0.25, -0.2) is 8.42 Å². The number of benzene rings is 2. The lowest BCUT2D eigenvalue weighted by molar-refractivity contribution is -0.123. The molecule has 166 valence electrons. The molecule has 0 atom stereocenters. The Labute approximate surface area is 187 Å². The third-order valence-electron chi connectivity index (χ3n) is 5.03. The molecule has 0 spiro atoms. The van der Waals surface area contributed by atoms with Gasteiger partial charge in [-0.1, -0.05) is 36.9 Å². The van der Waals surface area contributed by atoms with Crippen LogP contribution in [-0.4, -0.2) is 39.2 Å². The van der Waals surface area contributed by atoms with E-state index in [-0.39, 0.29) is 34.1 Å². The maximum Gasteiger partial charge on any atom is 0.255 e. The van der Waals surface area contributed by atoms with Crippen molar-refractivity contribution in [1.82, 2.24) is 0 Å². The fourth-order valence-corrected chi connectivity index (χ4v) is 4.27. The highest BCUT2D eigenvalue weighted by molar-refractivity contribution is 7.90. The molecule has 1 fully saturated rings. The van der Waals surface area contributed by atoms with E-state index >= 15 is 0 Å². The zero-order valence-electron chi connectivity index (χ0n) is 17.2. The topological polar surface area (TPSA) is 102 Å². The van der Waals surface area contributed by atoms with Crippen molar-refractivity contribution in [3.63, 3.8) is 0 Å². The van der Waals surface area contributed by atoms with E-state index in [4.69, 9.17) is 16.3 Å². The molecule has 1 saturated carbocycles. The first kappa shape index (κ1) is 23.2. The molecular weight excluding hydrogens is 440 g/mol. The van der Waals surface area contributed by atoms with E-state index in [2.05, 4.69) is 10.6 Å². The molecule has 2 aromatic rings. The summed E-state index contributed by atoms with van der Waals surface area (Å²) < 4.78 is 29.0. The Morgan fingerprint density at radius 1 is 1.06 bits per heavy atom. The van der Waals surface area contributed by atoms with E-state index in [0.717, 1.165) is 31.9 Å². The number of carbonyl (C=O) groups excluding carboxylic acids is 2. The normalized spacial score (nSPS) is 14.8. The molecule has 2 aromatic carbocycles. The van der Waals surface area contributed by atoms with Gasteiger partial charge in [0.15, 0.2) is 9.84 Å². The SMILES string of the molecule is CS(=O)(=O)c1cccc(C(=O)Nc2ccc(NC(=O)COC3CCCCC3)cc2Cl)c1. The molecule has 0 bridgehead atoms. The number of rotatable bonds is 7. The minimum Gasteiger partial charge on any atom is -0.368 e. The summed E-state index contributed by atoms with van der Waals surface area (Å²) in [7, 11) is -3.43. The van der Waals surface area contributed by atoms with Gasteiger partial charge >= 0.3 is 0 Å². The first-order valence-electron chi connectivity index (χ1n) is 10.0. The highest BCUT2D eigenvalue weighted by Gasteiger charge is 2.16. The van der Waals surface area contributed by atoms with Gasteiger partial charge in [-0.05, 0) is 49.2 Å². The average molecular weight is 465 g/mol. The zero-order chi connectivity index (χ0) is 22.4. The van der Waals surface area contributed by atoms with E-state index in [9.17, 15) is 18.0 Å². The largest absolute Gasteiger partial charge is 0.368 e. The third kappa shape index (κ3) is 6.78. The van der Waals surface area contributed by atoms with Gasteiger partial charge in [0.2, 0.25) is 5.91 Å². The van der Waals surface area contributed by atoms with E-state index < -0.39 is 15.7 Å². The number of hydrogen-bond donors (Lipinski definition) is 2.